The van der Waals surface area contributed by atoms with Crippen molar-refractivity contribution in [1.82, 2.24) is 25.2 Å². The molecule has 8 nitrogen and oxygen atoms in total. The normalized spacial score (nSPS) is 23.4. The molecule has 0 radical (unpaired) electrons. The average molecular weight is 381 g/mol. The summed E-state index contributed by atoms with van der Waals surface area (Å²) in [6, 6.07) is 3.74. The van der Waals surface area contributed by atoms with Gasteiger partial charge < -0.3 is 15.0 Å². The predicted octanol–water partition coefficient (Wildman–Crippen LogP) is 1.75. The van der Waals surface area contributed by atoms with E-state index in [9.17, 15) is 9.59 Å². The topological polar surface area (TPSA) is 97.3 Å². The van der Waals surface area contributed by atoms with E-state index in [4.69, 9.17) is 4.74 Å². The minimum atomic E-state index is -0.212. The highest BCUT2D eigenvalue weighted by Crippen LogP contribution is 2.37. The molecule has 146 valence electrons. The molecule has 1 unspecified atom stereocenters. The van der Waals surface area contributed by atoms with Crippen molar-refractivity contribution in [3.8, 4) is 5.88 Å². The Morgan fingerprint density at radius 3 is 2.39 bits per heavy atom. The van der Waals surface area contributed by atoms with E-state index in [0.29, 0.717) is 17.1 Å². The van der Waals surface area contributed by atoms with Crippen LogP contribution in [0.3, 0.4) is 0 Å². The van der Waals surface area contributed by atoms with Gasteiger partial charge in [-0.1, -0.05) is 0 Å². The van der Waals surface area contributed by atoms with E-state index in [1.165, 1.54) is 6.20 Å². The van der Waals surface area contributed by atoms with Crippen LogP contribution in [0.2, 0.25) is 0 Å². The first-order valence-electron chi connectivity index (χ1n) is 9.47. The molecule has 2 aliphatic heterocycles. The minimum absolute atomic E-state index is 0.00293. The lowest BCUT2D eigenvalue weighted by atomic mass is 9.96. The summed E-state index contributed by atoms with van der Waals surface area (Å²) in [4.78, 5) is 39.8. The van der Waals surface area contributed by atoms with E-state index in [-0.39, 0.29) is 29.9 Å². The molecule has 1 N–H and O–H groups in total. The van der Waals surface area contributed by atoms with E-state index in [2.05, 4.69) is 20.3 Å². The molecule has 2 aromatic rings. The summed E-state index contributed by atoms with van der Waals surface area (Å²) >= 11 is 0. The van der Waals surface area contributed by atoms with Gasteiger partial charge in [0.05, 0.1) is 24.6 Å². The smallest absolute Gasteiger partial charge is 0.271 e. The maximum atomic E-state index is 13.0. The molecule has 0 aliphatic carbocycles. The Bertz CT molecular complexity index is 854. The van der Waals surface area contributed by atoms with E-state index in [1.807, 2.05) is 11.8 Å². The number of aryl methyl sites for hydroxylation is 1. The maximum Gasteiger partial charge on any atom is 0.271 e. The number of fused-ring (bicyclic) bond motifs is 2. The second kappa shape index (κ2) is 7.53. The molecule has 2 saturated heterocycles. The van der Waals surface area contributed by atoms with Crippen molar-refractivity contribution in [1.29, 1.82) is 0 Å². The molecule has 4 rings (SSSR count). The Morgan fingerprint density at radius 1 is 1.07 bits per heavy atom. The fourth-order valence-electron chi connectivity index (χ4n) is 4.17. The molecule has 0 aromatic carbocycles. The first-order valence-corrected chi connectivity index (χ1v) is 9.47. The van der Waals surface area contributed by atoms with Gasteiger partial charge in [0, 0.05) is 36.6 Å². The molecule has 2 amide bonds. The van der Waals surface area contributed by atoms with Crippen molar-refractivity contribution in [2.24, 2.45) is 0 Å². The molecule has 2 bridgehead atoms. The zero-order chi connectivity index (χ0) is 19.7. The molecule has 8 heteroatoms. The number of carbonyl (C=O) groups excluding carboxylic acids is 2. The van der Waals surface area contributed by atoms with E-state index >= 15 is 0 Å². The van der Waals surface area contributed by atoms with Crippen LogP contribution in [0.25, 0.3) is 0 Å². The number of pyridine rings is 1. The van der Waals surface area contributed by atoms with Crippen molar-refractivity contribution in [2.75, 3.05) is 7.11 Å². The number of methoxy groups -OCH3 is 1. The summed E-state index contributed by atoms with van der Waals surface area (Å²) in [5.74, 6) is 0.271. The Balaban J connectivity index is 1.41. The van der Waals surface area contributed by atoms with Gasteiger partial charge in [-0.3, -0.25) is 14.6 Å². The largest absolute Gasteiger partial charge is 0.481 e. The van der Waals surface area contributed by atoms with Crippen molar-refractivity contribution >= 4 is 11.8 Å². The molecule has 2 aliphatic rings. The highest BCUT2D eigenvalue weighted by molar-refractivity contribution is 5.95. The number of ether oxygens (including phenoxy) is 1. The third-order valence-corrected chi connectivity index (χ3v) is 5.51. The van der Waals surface area contributed by atoms with Gasteiger partial charge in [0.25, 0.3) is 11.8 Å². The summed E-state index contributed by atoms with van der Waals surface area (Å²) < 4.78 is 5.06. The van der Waals surface area contributed by atoms with E-state index in [0.717, 1.165) is 31.4 Å². The second-order valence-corrected chi connectivity index (χ2v) is 7.37. The number of aromatic nitrogens is 3. The Morgan fingerprint density at radius 2 is 1.82 bits per heavy atom. The highest BCUT2D eigenvalue weighted by Gasteiger charge is 2.43. The molecular formula is C20H23N5O3. The number of nitrogens with zero attached hydrogens (tertiary/aromatic N) is 4. The van der Waals surface area contributed by atoms with Crippen LogP contribution in [0.15, 0.2) is 30.7 Å². The van der Waals surface area contributed by atoms with Gasteiger partial charge in [-0.05, 0) is 38.7 Å². The molecule has 28 heavy (non-hydrogen) atoms. The first kappa shape index (κ1) is 18.3. The Labute approximate surface area is 163 Å². The summed E-state index contributed by atoms with van der Waals surface area (Å²) in [7, 11) is 1.55. The zero-order valence-electron chi connectivity index (χ0n) is 16.0. The quantitative estimate of drug-likeness (QED) is 0.867. The van der Waals surface area contributed by atoms with Crippen molar-refractivity contribution in [3.05, 3.63) is 47.7 Å². The predicted molar refractivity (Wildman–Crippen MR) is 101 cm³/mol. The monoisotopic (exact) mass is 381 g/mol. The van der Waals surface area contributed by atoms with Gasteiger partial charge in [-0.15, -0.1) is 0 Å². The van der Waals surface area contributed by atoms with Gasteiger partial charge in [0.2, 0.25) is 5.88 Å². The lowest BCUT2D eigenvalue weighted by molar-refractivity contribution is 0.0548. The number of hydrogen-bond donors (Lipinski definition) is 1. The van der Waals surface area contributed by atoms with Crippen LogP contribution in [0.5, 0.6) is 5.88 Å². The number of carbonyl (C=O) groups is 2. The molecule has 0 spiro atoms. The van der Waals surface area contributed by atoms with Gasteiger partial charge in [-0.25, -0.2) is 9.97 Å². The molecular weight excluding hydrogens is 358 g/mol. The van der Waals surface area contributed by atoms with Crippen molar-refractivity contribution in [3.63, 3.8) is 0 Å². The van der Waals surface area contributed by atoms with Crippen LogP contribution >= 0.6 is 0 Å². The number of amides is 2. The summed E-state index contributed by atoms with van der Waals surface area (Å²) in [6.45, 7) is 1.83. The SMILES string of the molecule is COc1ccc(C(=O)N2[C@@H]3CC[C@H]2CC(NC(=O)c2cnc(C)cn2)C3)cn1. The fraction of sp³-hybridized carbons (Fsp3) is 0.450. The van der Waals surface area contributed by atoms with Crippen molar-refractivity contribution < 1.29 is 14.3 Å². The lowest BCUT2D eigenvalue weighted by Crippen LogP contribution is -2.52. The van der Waals surface area contributed by atoms with Crippen LogP contribution in [0.1, 0.15) is 52.2 Å². The maximum absolute atomic E-state index is 13.0. The van der Waals surface area contributed by atoms with Gasteiger partial charge in [0.15, 0.2) is 0 Å². The average Bonchev–Trinajstić information content (AvgIpc) is 2.98. The third-order valence-electron chi connectivity index (χ3n) is 5.51. The van der Waals surface area contributed by atoms with Crippen LogP contribution in [-0.4, -0.2) is 56.9 Å². The van der Waals surface area contributed by atoms with Crippen LogP contribution < -0.4 is 10.1 Å². The standard InChI is InChI=1S/C20H23N5O3/c1-12-9-22-17(11-21-12)19(26)24-14-7-15-4-5-16(8-14)25(15)20(27)13-3-6-18(28-2)23-10-13/h3,6,9-11,14-16H,4-5,7-8H2,1-2H3,(H,24,26)/t14?,15-,16+. The third kappa shape index (κ3) is 3.54. The Hall–Kier alpha value is -3.03. The van der Waals surface area contributed by atoms with Crippen molar-refractivity contribution in [2.45, 2.75) is 50.7 Å². The van der Waals surface area contributed by atoms with Crippen LogP contribution in [0, 0.1) is 6.92 Å². The van der Waals surface area contributed by atoms with E-state index < -0.39 is 0 Å². The first-order chi connectivity index (χ1) is 13.5. The molecule has 2 aromatic heterocycles. The second-order valence-electron chi connectivity index (χ2n) is 7.37. The number of nitrogens with one attached hydrogen (secondary N) is 1. The van der Waals surface area contributed by atoms with Gasteiger partial charge in [-0.2, -0.15) is 0 Å². The molecule has 0 saturated carbocycles. The van der Waals surface area contributed by atoms with Gasteiger partial charge >= 0.3 is 0 Å². The Kier molecular flexibility index (Phi) is 4.93. The summed E-state index contributed by atoms with van der Waals surface area (Å²) in [5, 5.41) is 3.06. The number of rotatable bonds is 4. The van der Waals surface area contributed by atoms with E-state index in [1.54, 1.807) is 31.6 Å². The molecule has 4 heterocycles. The summed E-state index contributed by atoms with van der Waals surface area (Å²) in [5.41, 5.74) is 1.66. The van der Waals surface area contributed by atoms with Crippen LogP contribution in [-0.2, 0) is 0 Å². The minimum Gasteiger partial charge on any atom is -0.481 e. The highest BCUT2D eigenvalue weighted by atomic mass is 16.5. The lowest BCUT2D eigenvalue weighted by Gasteiger charge is -2.39. The zero-order valence-corrected chi connectivity index (χ0v) is 16.0. The summed E-state index contributed by atoms with van der Waals surface area (Å²) in [6.07, 6.45) is 8.04. The fourth-order valence-corrected chi connectivity index (χ4v) is 4.17. The number of hydrogen-bond acceptors (Lipinski definition) is 6. The molecule has 2 fully saturated rings. The number of piperidine rings is 1. The molecule has 3 atom stereocenters. The van der Waals surface area contributed by atoms with Crippen LogP contribution in [0.4, 0.5) is 0 Å². The van der Waals surface area contributed by atoms with Gasteiger partial charge in [0.1, 0.15) is 5.69 Å².